The third kappa shape index (κ3) is 3.93. The van der Waals surface area contributed by atoms with Gasteiger partial charge in [0.25, 0.3) is 5.91 Å². The number of nitrogens with one attached hydrogen (secondary N) is 1. The number of carbonyl (C=O) groups is 1. The zero-order valence-electron chi connectivity index (χ0n) is 18.3. The zero-order valence-corrected chi connectivity index (χ0v) is 19.1. The molecule has 2 aromatic rings. The van der Waals surface area contributed by atoms with Crippen molar-refractivity contribution in [3.8, 4) is 11.8 Å². The van der Waals surface area contributed by atoms with Crippen LogP contribution in [-0.4, -0.2) is 40.9 Å². The van der Waals surface area contributed by atoms with Crippen LogP contribution in [0.15, 0.2) is 36.4 Å². The first kappa shape index (κ1) is 23.8. The predicted molar refractivity (Wildman–Crippen MR) is 124 cm³/mol. The van der Waals surface area contributed by atoms with E-state index in [1.165, 1.54) is 12.1 Å². The average Bonchev–Trinajstić information content (AvgIpc) is 2.92. The Kier molecular flexibility index (Phi) is 5.91. The van der Waals surface area contributed by atoms with Gasteiger partial charge in [0.05, 0.1) is 35.2 Å². The summed E-state index contributed by atoms with van der Waals surface area (Å²) in [5.74, 6) is 0.0307. The zero-order chi connectivity index (χ0) is 24.8. The highest BCUT2D eigenvalue weighted by Crippen LogP contribution is 2.41. The molecule has 1 atom stereocenters. The molecular weight excluding hydrogens is 469 g/mol. The van der Waals surface area contributed by atoms with Gasteiger partial charge in [-0.25, -0.2) is 0 Å². The van der Waals surface area contributed by atoms with Crippen molar-refractivity contribution in [2.24, 2.45) is 0 Å². The number of carbonyl (C=O) groups excluding carboxylic acids is 1. The highest BCUT2D eigenvalue weighted by molar-refractivity contribution is 7.81. The first-order valence-electron chi connectivity index (χ1n) is 10.4. The molecule has 0 aromatic heterocycles. The second kappa shape index (κ2) is 8.45. The molecule has 1 saturated heterocycles. The lowest BCUT2D eigenvalue weighted by atomic mass is 10.0. The molecule has 2 heterocycles. The molecule has 1 amide bonds. The molecule has 7 nitrogen and oxygen atoms in total. The van der Waals surface area contributed by atoms with E-state index >= 15 is 0 Å². The summed E-state index contributed by atoms with van der Waals surface area (Å²) in [4.78, 5) is 16.0. The number of fused-ring (bicyclic) bond motifs is 1. The smallest absolute Gasteiger partial charge is 0.417 e. The lowest BCUT2D eigenvalue weighted by Gasteiger charge is -2.30. The third-order valence-corrected chi connectivity index (χ3v) is 6.22. The number of thiocarbonyl (C=S) groups is 1. The fourth-order valence-corrected chi connectivity index (χ4v) is 4.61. The van der Waals surface area contributed by atoms with Crippen molar-refractivity contribution in [1.29, 1.82) is 5.26 Å². The molecule has 0 aliphatic carbocycles. The minimum absolute atomic E-state index is 0.00978. The summed E-state index contributed by atoms with van der Waals surface area (Å²) >= 11 is 5.57. The molecule has 2 aliphatic rings. The van der Waals surface area contributed by atoms with Crippen molar-refractivity contribution < 1.29 is 27.8 Å². The van der Waals surface area contributed by atoms with E-state index in [9.17, 15) is 23.1 Å². The maximum Gasteiger partial charge on any atom is 0.417 e. The highest BCUT2D eigenvalue weighted by Gasteiger charge is 2.51. The monoisotopic (exact) mass is 490 g/mol. The Hall–Kier alpha value is -3.36. The standard InChI is InChI=1S/C23H21F3N4O3S/c1-22(2)20(32)29(14-4-3-13(11-27)17(9-14)23(24,25)26)21(34)30(22)15-5-6-19-18(10-15)28-8-7-16(12-31)33-19/h3-6,9-10,16,28,31H,7-8,12H2,1-2H3. The lowest BCUT2D eigenvalue weighted by Crippen LogP contribution is -2.44. The Bertz CT molecular complexity index is 1210. The minimum atomic E-state index is -4.77. The molecule has 11 heteroatoms. The normalized spacial score (nSPS) is 19.7. The number of hydrogen-bond acceptors (Lipinski definition) is 6. The molecule has 1 fully saturated rings. The number of ether oxygens (including phenoxy) is 1. The van der Waals surface area contributed by atoms with Crippen LogP contribution in [0.25, 0.3) is 0 Å². The number of aliphatic hydroxyl groups excluding tert-OH is 1. The summed E-state index contributed by atoms with van der Waals surface area (Å²) in [6.45, 7) is 3.70. The Morgan fingerprint density at radius 3 is 2.62 bits per heavy atom. The fraction of sp³-hybridized carbons (Fsp3) is 0.348. The van der Waals surface area contributed by atoms with E-state index in [4.69, 9.17) is 22.2 Å². The number of nitrogens with zero attached hydrogens (tertiary/aromatic N) is 3. The Morgan fingerprint density at radius 2 is 1.97 bits per heavy atom. The van der Waals surface area contributed by atoms with Crippen molar-refractivity contribution >= 4 is 40.3 Å². The van der Waals surface area contributed by atoms with E-state index in [-0.39, 0.29) is 23.5 Å². The van der Waals surface area contributed by atoms with Gasteiger partial charge in [-0.15, -0.1) is 0 Å². The van der Waals surface area contributed by atoms with Gasteiger partial charge >= 0.3 is 6.18 Å². The number of benzene rings is 2. The van der Waals surface area contributed by atoms with Crippen LogP contribution in [0.1, 0.15) is 31.4 Å². The second-order valence-electron chi connectivity index (χ2n) is 8.48. The van der Waals surface area contributed by atoms with E-state index in [0.717, 1.165) is 17.0 Å². The molecule has 2 N–H and O–H groups in total. The van der Waals surface area contributed by atoms with Gasteiger partial charge in [-0.05, 0) is 62.5 Å². The SMILES string of the molecule is CC1(C)C(=O)N(c2ccc(C#N)c(C(F)(F)F)c2)C(=S)N1c1ccc2c(c1)NCCC(CO)O2. The van der Waals surface area contributed by atoms with Gasteiger partial charge in [0, 0.05) is 18.7 Å². The van der Waals surface area contributed by atoms with Crippen molar-refractivity contribution in [3.05, 3.63) is 47.5 Å². The van der Waals surface area contributed by atoms with Gasteiger partial charge in [0.1, 0.15) is 17.4 Å². The van der Waals surface area contributed by atoms with Crippen LogP contribution in [0.4, 0.5) is 30.2 Å². The fourth-order valence-electron chi connectivity index (χ4n) is 4.09. The Balaban J connectivity index is 1.74. The number of hydrogen-bond donors (Lipinski definition) is 2. The third-order valence-electron chi connectivity index (χ3n) is 5.86. The summed E-state index contributed by atoms with van der Waals surface area (Å²) in [7, 11) is 0. The maximum absolute atomic E-state index is 13.5. The number of aliphatic hydroxyl groups is 1. The number of alkyl halides is 3. The van der Waals surface area contributed by atoms with Crippen molar-refractivity contribution in [2.45, 2.75) is 38.1 Å². The van der Waals surface area contributed by atoms with Crippen LogP contribution in [0.5, 0.6) is 5.75 Å². The van der Waals surface area contributed by atoms with Crippen molar-refractivity contribution in [1.82, 2.24) is 0 Å². The Labute approximate surface area is 199 Å². The van der Waals surface area contributed by atoms with Crippen molar-refractivity contribution in [3.63, 3.8) is 0 Å². The van der Waals surface area contributed by atoms with Gasteiger partial charge in [0.15, 0.2) is 5.11 Å². The van der Waals surface area contributed by atoms with Gasteiger partial charge in [0.2, 0.25) is 0 Å². The van der Waals surface area contributed by atoms with E-state index in [1.807, 2.05) is 0 Å². The quantitative estimate of drug-likeness (QED) is 0.628. The molecule has 178 valence electrons. The molecule has 0 radical (unpaired) electrons. The molecule has 2 aromatic carbocycles. The summed E-state index contributed by atoms with van der Waals surface area (Å²) in [5, 5.41) is 21.7. The summed E-state index contributed by atoms with van der Waals surface area (Å²) < 4.78 is 46.3. The summed E-state index contributed by atoms with van der Waals surface area (Å²) in [6.07, 6.45) is -4.52. The molecule has 34 heavy (non-hydrogen) atoms. The van der Waals surface area contributed by atoms with Crippen LogP contribution < -0.4 is 19.9 Å². The first-order chi connectivity index (χ1) is 16.0. The maximum atomic E-state index is 13.5. The molecule has 2 aliphatic heterocycles. The molecule has 0 saturated carbocycles. The van der Waals surface area contributed by atoms with E-state index in [2.05, 4.69) is 5.32 Å². The number of halogens is 3. The number of amides is 1. The second-order valence-corrected chi connectivity index (χ2v) is 8.84. The lowest BCUT2D eigenvalue weighted by molar-refractivity contribution is -0.137. The average molecular weight is 491 g/mol. The van der Waals surface area contributed by atoms with Crippen LogP contribution >= 0.6 is 12.2 Å². The van der Waals surface area contributed by atoms with Crippen LogP contribution in [0, 0.1) is 11.3 Å². The first-order valence-corrected chi connectivity index (χ1v) is 10.9. The Morgan fingerprint density at radius 1 is 1.26 bits per heavy atom. The molecular formula is C23H21F3N4O3S. The number of rotatable bonds is 3. The predicted octanol–water partition coefficient (Wildman–Crippen LogP) is 4.05. The van der Waals surface area contributed by atoms with Crippen LogP contribution in [0.3, 0.4) is 0 Å². The van der Waals surface area contributed by atoms with Crippen LogP contribution in [0.2, 0.25) is 0 Å². The molecule has 0 spiro atoms. The van der Waals surface area contributed by atoms with Gasteiger partial charge in [-0.2, -0.15) is 18.4 Å². The highest BCUT2D eigenvalue weighted by atomic mass is 32.1. The van der Waals surface area contributed by atoms with Crippen molar-refractivity contribution in [2.75, 3.05) is 28.3 Å². The van der Waals surface area contributed by atoms with E-state index in [0.29, 0.717) is 30.1 Å². The number of anilines is 3. The van der Waals surface area contributed by atoms with E-state index in [1.54, 1.807) is 36.9 Å². The largest absolute Gasteiger partial charge is 0.486 e. The molecule has 1 unspecified atom stereocenters. The van der Waals surface area contributed by atoms with E-state index < -0.39 is 28.7 Å². The number of nitriles is 1. The van der Waals surface area contributed by atoms with Gasteiger partial charge in [-0.1, -0.05) is 0 Å². The molecule has 4 rings (SSSR count). The molecule has 0 bridgehead atoms. The van der Waals surface area contributed by atoms with Crippen LogP contribution in [-0.2, 0) is 11.0 Å². The summed E-state index contributed by atoms with van der Waals surface area (Å²) in [6, 6.07) is 9.76. The van der Waals surface area contributed by atoms with Gasteiger partial charge < -0.3 is 20.1 Å². The minimum Gasteiger partial charge on any atom is -0.486 e. The van der Waals surface area contributed by atoms with Gasteiger partial charge in [-0.3, -0.25) is 9.69 Å². The summed E-state index contributed by atoms with van der Waals surface area (Å²) in [5.41, 5.74) is -1.74. The topological polar surface area (TPSA) is 88.8 Å².